The molecule has 1 saturated carbocycles. The quantitative estimate of drug-likeness (QED) is 0.925. The molecule has 3 nitrogen and oxygen atoms in total. The topological polar surface area (TPSA) is 32.3 Å². The van der Waals surface area contributed by atoms with Crippen molar-refractivity contribution < 1.29 is 4.79 Å². The molecule has 0 aromatic heterocycles. The van der Waals surface area contributed by atoms with E-state index in [4.69, 9.17) is 11.6 Å². The van der Waals surface area contributed by atoms with Crippen LogP contribution in [0.15, 0.2) is 24.3 Å². The van der Waals surface area contributed by atoms with Gasteiger partial charge in [-0.25, -0.2) is 0 Å². The summed E-state index contributed by atoms with van der Waals surface area (Å²) in [6, 6.07) is 8.23. The van der Waals surface area contributed by atoms with E-state index < -0.39 is 0 Å². The lowest BCUT2D eigenvalue weighted by atomic mass is 9.93. The molecule has 116 valence electrons. The minimum atomic E-state index is -0.291. The summed E-state index contributed by atoms with van der Waals surface area (Å²) in [6.07, 6.45) is 4.15. The number of carbonyl (C=O) groups excluding carboxylic acids is 1. The third kappa shape index (κ3) is 3.20. The second-order valence-electron chi connectivity index (χ2n) is 5.97. The molecule has 1 aliphatic carbocycles. The van der Waals surface area contributed by atoms with Crippen molar-refractivity contribution in [2.75, 3.05) is 20.1 Å². The fraction of sp³-hybridized carbons (Fsp3) is 0.562. The smallest absolute Gasteiger partial charge is 0.233 e. The van der Waals surface area contributed by atoms with Crippen LogP contribution >= 0.6 is 24.0 Å². The Balaban J connectivity index is 0.00000161. The number of likely N-dealkylation sites (tertiary alicyclic amines) is 1. The number of nitrogens with one attached hydrogen (secondary N) is 1. The van der Waals surface area contributed by atoms with Gasteiger partial charge in [-0.1, -0.05) is 23.7 Å². The highest BCUT2D eigenvalue weighted by molar-refractivity contribution is 6.30. The standard InChI is InChI=1S/C16H21ClN2O.ClH/c1-18-14-6-3-9-19(11-14)15(20)16(7-8-16)12-4-2-5-13(17)10-12;/h2,4-5,10,14,18H,3,6-9,11H2,1H3;1H. The van der Waals surface area contributed by atoms with Crippen molar-refractivity contribution in [2.24, 2.45) is 0 Å². The summed E-state index contributed by atoms with van der Waals surface area (Å²) in [5.41, 5.74) is 0.794. The molecule has 21 heavy (non-hydrogen) atoms. The van der Waals surface area contributed by atoms with Gasteiger partial charge in [0.05, 0.1) is 5.41 Å². The van der Waals surface area contributed by atoms with Crippen molar-refractivity contribution in [3.63, 3.8) is 0 Å². The maximum atomic E-state index is 12.9. The van der Waals surface area contributed by atoms with Crippen LogP contribution in [0.3, 0.4) is 0 Å². The number of piperidine rings is 1. The van der Waals surface area contributed by atoms with Crippen molar-refractivity contribution in [1.82, 2.24) is 10.2 Å². The summed E-state index contributed by atoms with van der Waals surface area (Å²) in [4.78, 5) is 15.0. The van der Waals surface area contributed by atoms with E-state index in [0.29, 0.717) is 17.0 Å². The molecular formula is C16H22Cl2N2O. The lowest BCUT2D eigenvalue weighted by Crippen LogP contribution is -2.50. The summed E-state index contributed by atoms with van der Waals surface area (Å²) < 4.78 is 0. The molecule has 0 spiro atoms. The second kappa shape index (κ2) is 6.55. The minimum absolute atomic E-state index is 0. The summed E-state index contributed by atoms with van der Waals surface area (Å²) in [7, 11) is 1.97. The van der Waals surface area contributed by atoms with Gasteiger partial charge in [0, 0.05) is 24.2 Å². The number of rotatable bonds is 3. The molecule has 1 saturated heterocycles. The molecule has 0 radical (unpaired) electrons. The minimum Gasteiger partial charge on any atom is -0.340 e. The van der Waals surface area contributed by atoms with Crippen LogP contribution < -0.4 is 5.32 Å². The molecule has 1 amide bonds. The number of amides is 1. The highest BCUT2D eigenvalue weighted by atomic mass is 35.5. The lowest BCUT2D eigenvalue weighted by Gasteiger charge is -2.35. The van der Waals surface area contributed by atoms with Gasteiger partial charge in [-0.05, 0) is 50.4 Å². The SMILES string of the molecule is CNC1CCCN(C(=O)C2(c3cccc(Cl)c3)CC2)C1.Cl. The Morgan fingerprint density at radius 1 is 1.43 bits per heavy atom. The number of halogens is 2. The van der Waals surface area contributed by atoms with Crippen LogP contribution in [0.5, 0.6) is 0 Å². The van der Waals surface area contributed by atoms with Crippen LogP contribution in [0.4, 0.5) is 0 Å². The summed E-state index contributed by atoms with van der Waals surface area (Å²) in [6.45, 7) is 1.72. The molecule has 2 fully saturated rings. The van der Waals surface area contributed by atoms with Gasteiger partial charge in [0.15, 0.2) is 0 Å². The van der Waals surface area contributed by atoms with E-state index in [1.165, 1.54) is 0 Å². The largest absolute Gasteiger partial charge is 0.340 e. The van der Waals surface area contributed by atoms with Crippen LogP contribution in [-0.4, -0.2) is 37.0 Å². The Morgan fingerprint density at radius 2 is 2.19 bits per heavy atom. The third-order valence-electron chi connectivity index (χ3n) is 4.65. The Morgan fingerprint density at radius 3 is 2.81 bits per heavy atom. The molecule has 0 bridgehead atoms. The Labute approximate surface area is 137 Å². The van der Waals surface area contributed by atoms with Crippen molar-refractivity contribution in [1.29, 1.82) is 0 Å². The van der Waals surface area contributed by atoms with Crippen molar-refractivity contribution in [2.45, 2.75) is 37.1 Å². The molecule has 2 aliphatic rings. The Bertz CT molecular complexity index is 517. The molecule has 1 N–H and O–H groups in total. The zero-order valence-corrected chi connectivity index (χ0v) is 13.8. The van der Waals surface area contributed by atoms with Crippen LogP contribution in [0.2, 0.25) is 5.02 Å². The Hall–Kier alpha value is -0.770. The molecular weight excluding hydrogens is 307 g/mol. The zero-order valence-electron chi connectivity index (χ0n) is 12.3. The van der Waals surface area contributed by atoms with Gasteiger partial charge in [0.1, 0.15) is 0 Å². The molecule has 1 heterocycles. The van der Waals surface area contributed by atoms with Gasteiger partial charge < -0.3 is 10.2 Å². The van der Waals surface area contributed by atoms with E-state index in [0.717, 1.165) is 44.3 Å². The van der Waals surface area contributed by atoms with E-state index >= 15 is 0 Å². The number of benzene rings is 1. The first-order chi connectivity index (χ1) is 9.65. The van der Waals surface area contributed by atoms with Gasteiger partial charge in [-0.2, -0.15) is 0 Å². The highest BCUT2D eigenvalue weighted by Crippen LogP contribution is 2.50. The first-order valence-electron chi connectivity index (χ1n) is 7.38. The molecule has 1 aromatic rings. The van der Waals surface area contributed by atoms with Crippen molar-refractivity contribution >= 4 is 29.9 Å². The molecule has 1 atom stereocenters. The average molecular weight is 329 g/mol. The van der Waals surface area contributed by atoms with E-state index in [1.54, 1.807) is 0 Å². The van der Waals surface area contributed by atoms with Gasteiger partial charge in [-0.15, -0.1) is 12.4 Å². The maximum absolute atomic E-state index is 12.9. The fourth-order valence-electron chi connectivity index (χ4n) is 3.24. The number of hydrogen-bond donors (Lipinski definition) is 1. The molecule has 1 aliphatic heterocycles. The molecule has 3 rings (SSSR count). The van der Waals surface area contributed by atoms with Gasteiger partial charge >= 0.3 is 0 Å². The molecule has 1 aromatic carbocycles. The zero-order chi connectivity index (χ0) is 14.2. The van der Waals surface area contributed by atoms with Crippen molar-refractivity contribution in [3.8, 4) is 0 Å². The first-order valence-corrected chi connectivity index (χ1v) is 7.76. The second-order valence-corrected chi connectivity index (χ2v) is 6.41. The third-order valence-corrected chi connectivity index (χ3v) is 4.89. The lowest BCUT2D eigenvalue weighted by molar-refractivity contribution is -0.135. The number of likely N-dealkylation sites (N-methyl/N-ethyl adjacent to an activating group) is 1. The summed E-state index contributed by atoms with van der Waals surface area (Å²) in [5, 5.41) is 4.01. The van der Waals surface area contributed by atoms with Gasteiger partial charge in [-0.3, -0.25) is 4.79 Å². The van der Waals surface area contributed by atoms with Crippen LogP contribution in [0.1, 0.15) is 31.2 Å². The summed E-state index contributed by atoms with van der Waals surface area (Å²) >= 11 is 6.08. The van der Waals surface area contributed by atoms with E-state index in [-0.39, 0.29) is 17.8 Å². The number of carbonyl (C=O) groups is 1. The fourth-order valence-corrected chi connectivity index (χ4v) is 3.43. The van der Waals surface area contributed by atoms with Crippen LogP contribution in [-0.2, 0) is 10.2 Å². The van der Waals surface area contributed by atoms with Crippen molar-refractivity contribution in [3.05, 3.63) is 34.9 Å². The van der Waals surface area contributed by atoms with E-state index in [2.05, 4.69) is 5.32 Å². The maximum Gasteiger partial charge on any atom is 0.233 e. The van der Waals surface area contributed by atoms with E-state index in [9.17, 15) is 4.79 Å². The predicted molar refractivity (Wildman–Crippen MR) is 88.3 cm³/mol. The molecule has 1 unspecified atom stereocenters. The number of nitrogens with zero attached hydrogens (tertiary/aromatic N) is 1. The van der Waals surface area contributed by atoms with Crippen LogP contribution in [0, 0.1) is 0 Å². The average Bonchev–Trinajstić information content (AvgIpc) is 3.28. The van der Waals surface area contributed by atoms with E-state index in [1.807, 2.05) is 36.2 Å². The normalized spacial score (nSPS) is 23.3. The number of hydrogen-bond acceptors (Lipinski definition) is 2. The summed E-state index contributed by atoms with van der Waals surface area (Å²) in [5.74, 6) is 0.291. The van der Waals surface area contributed by atoms with Crippen LogP contribution in [0.25, 0.3) is 0 Å². The monoisotopic (exact) mass is 328 g/mol. The predicted octanol–water partition coefficient (Wildman–Crippen LogP) is 3.00. The Kier molecular flexibility index (Phi) is 5.18. The van der Waals surface area contributed by atoms with Gasteiger partial charge in [0.2, 0.25) is 5.91 Å². The molecule has 5 heteroatoms. The first kappa shape index (κ1) is 16.6. The highest BCUT2D eigenvalue weighted by Gasteiger charge is 2.53. The van der Waals surface area contributed by atoms with Gasteiger partial charge in [0.25, 0.3) is 0 Å².